The van der Waals surface area contributed by atoms with Crippen LogP contribution in [0.5, 0.6) is 5.75 Å². The van der Waals surface area contributed by atoms with Crippen LogP contribution in [0.25, 0.3) is 12.2 Å². The molecule has 2 aromatic rings. The average Bonchev–Trinajstić information content (AvgIpc) is 3.04. The largest absolute Gasteiger partial charge is 0.482 e. The van der Waals surface area contributed by atoms with Gasteiger partial charge in [0, 0.05) is 24.9 Å². The predicted molar refractivity (Wildman–Crippen MR) is 128 cm³/mol. The lowest BCUT2D eigenvalue weighted by Crippen LogP contribution is -2.39. The van der Waals surface area contributed by atoms with E-state index in [0.717, 1.165) is 28.2 Å². The van der Waals surface area contributed by atoms with Crippen LogP contribution >= 0.6 is 0 Å². The number of aromatic nitrogens is 1. The van der Waals surface area contributed by atoms with Crippen LogP contribution in [-0.4, -0.2) is 40.3 Å². The quantitative estimate of drug-likeness (QED) is 0.501. The zero-order valence-corrected chi connectivity index (χ0v) is 19.7. The third-order valence-electron chi connectivity index (χ3n) is 4.97. The number of pyridine rings is 1. The first-order valence-electron chi connectivity index (χ1n) is 10.7. The number of hydrogen-bond donors (Lipinski definition) is 2. The maximum absolute atomic E-state index is 12.6. The molecule has 2 unspecified atom stereocenters. The number of likely N-dealkylation sites (N-methyl/N-ethyl adjacent to an activating group) is 1. The maximum Gasteiger partial charge on any atom is 0.246 e. The van der Waals surface area contributed by atoms with Gasteiger partial charge in [0.2, 0.25) is 5.91 Å². The summed E-state index contributed by atoms with van der Waals surface area (Å²) in [6.07, 6.45) is 9.11. The van der Waals surface area contributed by atoms with Gasteiger partial charge in [-0.3, -0.25) is 4.79 Å². The van der Waals surface area contributed by atoms with Gasteiger partial charge in [-0.1, -0.05) is 38.7 Å². The summed E-state index contributed by atoms with van der Waals surface area (Å²) < 4.78 is 11.5. The van der Waals surface area contributed by atoms with Gasteiger partial charge in [0.15, 0.2) is 17.8 Å². The molecule has 0 fully saturated rings. The van der Waals surface area contributed by atoms with Gasteiger partial charge < -0.3 is 24.5 Å². The van der Waals surface area contributed by atoms with Crippen molar-refractivity contribution in [1.82, 2.24) is 9.88 Å². The Bertz CT molecular complexity index is 1010. The molecule has 1 aliphatic heterocycles. The number of ether oxygens (including phenoxy) is 1. The minimum atomic E-state index is -0.803. The molecule has 7 heteroatoms. The number of carbonyl (C=O) groups excluding carboxylic acids is 1. The number of nitrogens with zero attached hydrogens (tertiary/aromatic N) is 2. The molecule has 0 bridgehead atoms. The highest BCUT2D eigenvalue weighted by atomic mass is 16.5. The Balaban J connectivity index is 0.00000176. The zero-order chi connectivity index (χ0) is 23.8. The highest BCUT2D eigenvalue weighted by Crippen LogP contribution is 2.30. The summed E-state index contributed by atoms with van der Waals surface area (Å²) in [7, 11) is 1.73. The number of hydrogen-bond acceptors (Lipinski definition) is 6. The van der Waals surface area contributed by atoms with E-state index in [1.807, 2.05) is 39.8 Å². The van der Waals surface area contributed by atoms with Crippen LogP contribution in [0, 0.1) is 13.8 Å². The molecule has 172 valence electrons. The molecule has 1 aliphatic rings. The van der Waals surface area contributed by atoms with Gasteiger partial charge in [-0.15, -0.1) is 0 Å². The Labute approximate surface area is 190 Å². The van der Waals surface area contributed by atoms with Crippen molar-refractivity contribution in [3.8, 4) is 5.75 Å². The second-order valence-electron chi connectivity index (χ2n) is 7.27. The molecule has 7 nitrogen and oxygen atoms in total. The molecule has 0 radical (unpaired) electrons. The van der Waals surface area contributed by atoms with Crippen molar-refractivity contribution < 1.29 is 19.1 Å². The van der Waals surface area contributed by atoms with E-state index in [1.165, 1.54) is 6.08 Å². The van der Waals surface area contributed by atoms with Crippen molar-refractivity contribution in [2.75, 3.05) is 12.4 Å². The first-order valence-corrected chi connectivity index (χ1v) is 10.7. The predicted octanol–water partition coefficient (Wildman–Crippen LogP) is 4.70. The standard InChI is InChI=1S/C23H27N3O4.C2H6/c1-6-7-8-18-14(2)20(29-15(18)3)13-26(5)21(27)10-9-17-11-19-22(24-12-17)25-23(28)16(4)30-19;1-2/h6-12,16,23,28H,1,13H2,2-5H3,(H,24,25);1-2H3/b8-7-,10-9+;. The Morgan fingerprint density at radius 3 is 2.75 bits per heavy atom. The van der Waals surface area contributed by atoms with E-state index in [0.29, 0.717) is 18.1 Å². The Kier molecular flexibility index (Phi) is 8.84. The van der Waals surface area contributed by atoms with Crippen LogP contribution in [0.4, 0.5) is 5.82 Å². The second kappa shape index (κ2) is 11.3. The van der Waals surface area contributed by atoms with E-state index < -0.39 is 12.3 Å². The molecule has 0 aromatic carbocycles. The average molecular weight is 440 g/mol. The maximum atomic E-state index is 12.6. The number of amides is 1. The fraction of sp³-hybridized carbons (Fsp3) is 0.360. The molecule has 0 spiro atoms. The molecule has 1 amide bonds. The smallest absolute Gasteiger partial charge is 0.246 e. The number of nitrogens with one attached hydrogen (secondary N) is 1. The molecular formula is C25H33N3O4. The number of rotatable bonds is 6. The van der Waals surface area contributed by atoms with Gasteiger partial charge in [-0.2, -0.15) is 0 Å². The van der Waals surface area contributed by atoms with Crippen molar-refractivity contribution in [3.05, 3.63) is 65.3 Å². The van der Waals surface area contributed by atoms with Crippen LogP contribution < -0.4 is 10.1 Å². The molecular weight excluding hydrogens is 406 g/mol. The molecule has 0 aliphatic carbocycles. The summed E-state index contributed by atoms with van der Waals surface area (Å²) in [6, 6.07) is 1.78. The third-order valence-corrected chi connectivity index (χ3v) is 4.97. The number of allylic oxidation sites excluding steroid dienone is 2. The molecule has 0 saturated heterocycles. The van der Waals surface area contributed by atoms with E-state index in [9.17, 15) is 9.90 Å². The number of aliphatic hydroxyl groups excluding tert-OH is 1. The zero-order valence-electron chi connectivity index (χ0n) is 19.7. The summed E-state index contributed by atoms with van der Waals surface area (Å²) >= 11 is 0. The monoisotopic (exact) mass is 439 g/mol. The number of fused-ring (bicyclic) bond motifs is 1. The fourth-order valence-corrected chi connectivity index (χ4v) is 3.15. The molecule has 0 saturated carbocycles. The first kappa shape index (κ1) is 24.9. The lowest BCUT2D eigenvalue weighted by molar-refractivity contribution is -0.125. The van der Waals surface area contributed by atoms with Crippen LogP contribution in [0.15, 0.2) is 41.5 Å². The van der Waals surface area contributed by atoms with Gasteiger partial charge in [-0.05, 0) is 44.0 Å². The van der Waals surface area contributed by atoms with Crippen molar-refractivity contribution in [3.63, 3.8) is 0 Å². The normalized spacial score (nSPS) is 17.2. The van der Waals surface area contributed by atoms with Gasteiger partial charge in [0.05, 0.1) is 6.54 Å². The SMILES string of the molecule is C=C/C=C\c1c(C)oc(CN(C)C(=O)/C=C/c2cnc3c(c2)OC(C)C(O)N3)c1C.CC. The van der Waals surface area contributed by atoms with Crippen molar-refractivity contribution in [2.24, 2.45) is 0 Å². The summed E-state index contributed by atoms with van der Waals surface area (Å²) in [5, 5.41) is 12.6. The summed E-state index contributed by atoms with van der Waals surface area (Å²) in [5.41, 5.74) is 2.74. The molecule has 2 aromatic heterocycles. The summed E-state index contributed by atoms with van der Waals surface area (Å²) in [4.78, 5) is 18.4. The third kappa shape index (κ3) is 5.88. The molecule has 3 rings (SSSR count). The van der Waals surface area contributed by atoms with Crippen molar-refractivity contribution in [2.45, 2.75) is 53.5 Å². The van der Waals surface area contributed by atoms with Gasteiger partial charge in [-0.25, -0.2) is 4.98 Å². The number of anilines is 1. The van der Waals surface area contributed by atoms with E-state index in [2.05, 4.69) is 16.9 Å². The Morgan fingerprint density at radius 2 is 2.06 bits per heavy atom. The van der Waals surface area contributed by atoms with Crippen molar-refractivity contribution >= 4 is 23.9 Å². The minimum Gasteiger partial charge on any atom is -0.482 e. The highest BCUT2D eigenvalue weighted by molar-refractivity contribution is 5.91. The van der Waals surface area contributed by atoms with Crippen LogP contribution in [-0.2, 0) is 11.3 Å². The first-order chi connectivity index (χ1) is 15.3. The minimum absolute atomic E-state index is 0.160. The second-order valence-corrected chi connectivity index (χ2v) is 7.27. The number of furan rings is 1. The number of carbonyl (C=O) groups is 1. The molecule has 2 atom stereocenters. The molecule has 2 N–H and O–H groups in total. The Hall–Kier alpha value is -3.32. The van der Waals surface area contributed by atoms with Gasteiger partial charge in [0.25, 0.3) is 0 Å². The summed E-state index contributed by atoms with van der Waals surface area (Å²) in [5.74, 6) is 2.42. The summed E-state index contributed by atoms with van der Waals surface area (Å²) in [6.45, 7) is 13.7. The highest BCUT2D eigenvalue weighted by Gasteiger charge is 2.24. The topological polar surface area (TPSA) is 87.8 Å². The van der Waals surface area contributed by atoms with E-state index in [4.69, 9.17) is 9.15 Å². The lowest BCUT2D eigenvalue weighted by atomic mass is 10.1. The molecule has 3 heterocycles. The van der Waals surface area contributed by atoms with Crippen LogP contribution in [0.3, 0.4) is 0 Å². The van der Waals surface area contributed by atoms with E-state index in [-0.39, 0.29) is 5.91 Å². The van der Waals surface area contributed by atoms with E-state index in [1.54, 1.807) is 43.3 Å². The van der Waals surface area contributed by atoms with Gasteiger partial charge >= 0.3 is 0 Å². The Morgan fingerprint density at radius 1 is 1.34 bits per heavy atom. The van der Waals surface area contributed by atoms with Crippen LogP contribution in [0.1, 0.15) is 49.0 Å². The van der Waals surface area contributed by atoms with Crippen LogP contribution in [0.2, 0.25) is 0 Å². The number of aryl methyl sites for hydroxylation is 1. The van der Waals surface area contributed by atoms with Crippen molar-refractivity contribution in [1.29, 1.82) is 0 Å². The fourth-order valence-electron chi connectivity index (χ4n) is 3.15. The lowest BCUT2D eigenvalue weighted by Gasteiger charge is -2.28. The van der Waals surface area contributed by atoms with Gasteiger partial charge in [0.1, 0.15) is 17.6 Å². The molecule has 32 heavy (non-hydrogen) atoms. The number of aliphatic hydroxyl groups is 1. The van der Waals surface area contributed by atoms with E-state index >= 15 is 0 Å².